The Morgan fingerprint density at radius 3 is 2.48 bits per heavy atom. The molecule has 0 atom stereocenters. The van der Waals surface area contributed by atoms with Crippen molar-refractivity contribution in [2.45, 2.75) is 6.18 Å². The Bertz CT molecular complexity index is 805. The Morgan fingerprint density at radius 1 is 1.15 bits per heavy atom. The lowest BCUT2D eigenvalue weighted by molar-refractivity contribution is -0.137. The second kappa shape index (κ2) is 8.01. The van der Waals surface area contributed by atoms with E-state index < -0.39 is 17.6 Å². The Labute approximate surface area is 157 Å². The molecule has 27 heavy (non-hydrogen) atoms. The van der Waals surface area contributed by atoms with Crippen LogP contribution in [0, 0.1) is 0 Å². The van der Waals surface area contributed by atoms with Crippen molar-refractivity contribution in [3.8, 4) is 0 Å². The van der Waals surface area contributed by atoms with Crippen LogP contribution in [0.25, 0.3) is 0 Å². The minimum Gasteiger partial charge on any atom is -0.335 e. The predicted molar refractivity (Wildman–Crippen MR) is 92.3 cm³/mol. The quantitative estimate of drug-likeness (QED) is 0.850. The van der Waals surface area contributed by atoms with Crippen LogP contribution >= 0.6 is 11.7 Å². The van der Waals surface area contributed by atoms with Gasteiger partial charge in [0.05, 0.1) is 35.7 Å². The van der Waals surface area contributed by atoms with Gasteiger partial charge in [-0.15, -0.1) is 0 Å². The highest BCUT2D eigenvalue weighted by Crippen LogP contribution is 2.34. The fourth-order valence-corrected chi connectivity index (χ4v) is 3.17. The zero-order chi connectivity index (χ0) is 19.4. The van der Waals surface area contributed by atoms with Gasteiger partial charge in [-0.2, -0.15) is 21.9 Å². The van der Waals surface area contributed by atoms with E-state index in [1.54, 1.807) is 9.80 Å². The van der Waals surface area contributed by atoms with Crippen molar-refractivity contribution in [3.05, 3.63) is 41.7 Å². The SMILES string of the molecule is O=C(CN1CCN(C(=O)c2cnsn2)CC1)Nc1ccccc1C(F)(F)F. The van der Waals surface area contributed by atoms with Crippen molar-refractivity contribution < 1.29 is 22.8 Å². The summed E-state index contributed by atoms with van der Waals surface area (Å²) >= 11 is 0.954. The van der Waals surface area contributed by atoms with E-state index in [2.05, 4.69) is 14.1 Å². The molecule has 2 amide bonds. The second-order valence-electron chi connectivity index (χ2n) is 5.95. The maximum absolute atomic E-state index is 13.0. The molecule has 2 aromatic rings. The zero-order valence-corrected chi connectivity index (χ0v) is 14.9. The number of nitrogens with zero attached hydrogens (tertiary/aromatic N) is 4. The maximum Gasteiger partial charge on any atom is 0.418 e. The number of rotatable bonds is 4. The highest BCUT2D eigenvalue weighted by Gasteiger charge is 2.33. The molecule has 0 radical (unpaired) electrons. The number of carbonyl (C=O) groups excluding carboxylic acids is 2. The molecule has 1 N–H and O–H groups in total. The number of halogens is 3. The standard InChI is InChI=1S/C16H16F3N5O2S/c17-16(18,19)11-3-1-2-4-12(11)21-14(25)10-23-5-7-24(8-6-23)15(26)13-9-20-27-22-13/h1-4,9H,5-8,10H2,(H,21,25). The van der Waals surface area contributed by atoms with Gasteiger partial charge in [-0.3, -0.25) is 14.5 Å². The first-order valence-electron chi connectivity index (χ1n) is 8.10. The number of hydrogen-bond acceptors (Lipinski definition) is 6. The van der Waals surface area contributed by atoms with E-state index >= 15 is 0 Å². The highest BCUT2D eigenvalue weighted by atomic mass is 32.1. The average molecular weight is 399 g/mol. The number of piperazine rings is 1. The summed E-state index contributed by atoms with van der Waals surface area (Å²) in [6, 6.07) is 4.85. The predicted octanol–water partition coefficient (Wildman–Crippen LogP) is 1.95. The van der Waals surface area contributed by atoms with Crippen molar-refractivity contribution in [2.75, 3.05) is 38.0 Å². The third kappa shape index (κ3) is 4.80. The number of hydrogen-bond donors (Lipinski definition) is 1. The first-order valence-corrected chi connectivity index (χ1v) is 8.83. The molecule has 11 heteroatoms. The van der Waals surface area contributed by atoms with Gasteiger partial charge in [-0.1, -0.05) is 12.1 Å². The summed E-state index contributed by atoms with van der Waals surface area (Å²) in [5.41, 5.74) is -0.861. The van der Waals surface area contributed by atoms with E-state index in [-0.39, 0.29) is 23.8 Å². The smallest absolute Gasteiger partial charge is 0.335 e. The van der Waals surface area contributed by atoms with Crippen molar-refractivity contribution >= 4 is 29.2 Å². The molecule has 0 saturated carbocycles. The van der Waals surface area contributed by atoms with E-state index in [0.29, 0.717) is 26.2 Å². The van der Waals surface area contributed by atoms with E-state index in [1.165, 1.54) is 24.4 Å². The molecule has 0 unspecified atom stereocenters. The minimum atomic E-state index is -4.54. The van der Waals surface area contributed by atoms with E-state index in [4.69, 9.17) is 0 Å². The summed E-state index contributed by atoms with van der Waals surface area (Å²) in [5.74, 6) is -0.748. The number of anilines is 1. The maximum atomic E-state index is 13.0. The number of aromatic nitrogens is 2. The fraction of sp³-hybridized carbons (Fsp3) is 0.375. The average Bonchev–Trinajstić information content (AvgIpc) is 3.16. The van der Waals surface area contributed by atoms with Crippen LogP contribution in [-0.4, -0.2) is 63.1 Å². The molecule has 0 bridgehead atoms. The van der Waals surface area contributed by atoms with Gasteiger partial charge in [0.25, 0.3) is 5.91 Å². The lowest BCUT2D eigenvalue weighted by atomic mass is 10.1. The number of para-hydroxylation sites is 1. The molecule has 144 valence electrons. The minimum absolute atomic E-state index is 0.0491. The largest absolute Gasteiger partial charge is 0.418 e. The van der Waals surface area contributed by atoms with Gasteiger partial charge < -0.3 is 10.2 Å². The van der Waals surface area contributed by atoms with Crippen molar-refractivity contribution in [1.82, 2.24) is 18.5 Å². The molecule has 1 aromatic carbocycles. The summed E-state index contributed by atoms with van der Waals surface area (Å²) in [5, 5.41) is 2.32. The fourth-order valence-electron chi connectivity index (χ4n) is 2.76. The van der Waals surface area contributed by atoms with Gasteiger partial charge >= 0.3 is 6.18 Å². The van der Waals surface area contributed by atoms with Crippen LogP contribution in [0.3, 0.4) is 0 Å². The van der Waals surface area contributed by atoms with Crippen molar-refractivity contribution in [2.24, 2.45) is 0 Å². The van der Waals surface area contributed by atoms with Crippen LogP contribution in [0.15, 0.2) is 30.5 Å². The number of nitrogens with one attached hydrogen (secondary N) is 1. The molecular weight excluding hydrogens is 383 g/mol. The number of carbonyl (C=O) groups is 2. The lowest BCUT2D eigenvalue weighted by Gasteiger charge is -2.33. The van der Waals surface area contributed by atoms with Gasteiger partial charge in [0.2, 0.25) is 5.91 Å². The third-order valence-electron chi connectivity index (χ3n) is 4.11. The Balaban J connectivity index is 1.53. The van der Waals surface area contributed by atoms with Crippen LogP contribution in [-0.2, 0) is 11.0 Å². The lowest BCUT2D eigenvalue weighted by Crippen LogP contribution is -2.50. The molecule has 1 saturated heterocycles. The first-order chi connectivity index (χ1) is 12.8. The zero-order valence-electron chi connectivity index (χ0n) is 14.1. The number of amides is 2. The number of benzene rings is 1. The molecule has 2 heterocycles. The molecule has 1 fully saturated rings. The van der Waals surface area contributed by atoms with E-state index in [1.807, 2.05) is 0 Å². The molecule has 1 aliphatic heterocycles. The molecule has 7 nitrogen and oxygen atoms in total. The summed E-state index contributed by atoms with van der Waals surface area (Å²) in [4.78, 5) is 27.7. The molecule has 0 spiro atoms. The van der Waals surface area contributed by atoms with E-state index in [0.717, 1.165) is 17.8 Å². The Kier molecular flexibility index (Phi) is 5.71. The summed E-state index contributed by atoms with van der Waals surface area (Å²) in [6.45, 7) is 1.65. The monoisotopic (exact) mass is 399 g/mol. The van der Waals surface area contributed by atoms with Crippen LogP contribution < -0.4 is 5.32 Å². The van der Waals surface area contributed by atoms with Crippen LogP contribution in [0.4, 0.5) is 18.9 Å². The van der Waals surface area contributed by atoms with Crippen LogP contribution in [0.2, 0.25) is 0 Å². The summed E-state index contributed by atoms with van der Waals surface area (Å²) in [6.07, 6.45) is -3.13. The molecule has 1 aliphatic rings. The molecule has 1 aromatic heterocycles. The highest BCUT2D eigenvalue weighted by molar-refractivity contribution is 6.99. The number of alkyl halides is 3. The molecule has 3 rings (SSSR count). The third-order valence-corrected chi connectivity index (χ3v) is 4.59. The van der Waals surface area contributed by atoms with Gasteiger partial charge in [-0.05, 0) is 12.1 Å². The summed E-state index contributed by atoms with van der Waals surface area (Å²) < 4.78 is 46.7. The van der Waals surface area contributed by atoms with Crippen LogP contribution in [0.5, 0.6) is 0 Å². The van der Waals surface area contributed by atoms with Gasteiger partial charge in [0.15, 0.2) is 5.69 Å². The molecule has 0 aliphatic carbocycles. The summed E-state index contributed by atoms with van der Waals surface area (Å²) in [7, 11) is 0. The van der Waals surface area contributed by atoms with E-state index in [9.17, 15) is 22.8 Å². The van der Waals surface area contributed by atoms with Gasteiger partial charge in [0, 0.05) is 26.2 Å². The van der Waals surface area contributed by atoms with Crippen molar-refractivity contribution in [1.29, 1.82) is 0 Å². The first kappa shape index (κ1) is 19.2. The molecular formula is C16H16F3N5O2S. The second-order valence-corrected chi connectivity index (χ2v) is 6.51. The Morgan fingerprint density at radius 2 is 1.85 bits per heavy atom. The van der Waals surface area contributed by atoms with Gasteiger partial charge in [-0.25, -0.2) is 0 Å². The topological polar surface area (TPSA) is 78.4 Å². The van der Waals surface area contributed by atoms with Gasteiger partial charge in [0.1, 0.15) is 0 Å². The Hall–Kier alpha value is -2.53. The van der Waals surface area contributed by atoms with Crippen LogP contribution in [0.1, 0.15) is 16.1 Å². The van der Waals surface area contributed by atoms with Crippen molar-refractivity contribution in [3.63, 3.8) is 0 Å². The normalized spacial score (nSPS) is 15.6.